The van der Waals surface area contributed by atoms with Crippen molar-refractivity contribution in [3.8, 4) is 0 Å². The molecular formula is C16H27BrIN3O. The van der Waals surface area contributed by atoms with Crippen molar-refractivity contribution < 1.29 is 4.74 Å². The number of nitrogens with one attached hydrogen (secondary N) is 1. The number of methoxy groups -OCH3 is 1. The lowest BCUT2D eigenvalue weighted by Crippen LogP contribution is -2.38. The van der Waals surface area contributed by atoms with Crippen molar-refractivity contribution in [1.29, 1.82) is 0 Å². The van der Waals surface area contributed by atoms with Crippen LogP contribution in [0.25, 0.3) is 0 Å². The molecule has 0 spiro atoms. The molecule has 1 rings (SSSR count). The van der Waals surface area contributed by atoms with E-state index in [0.717, 1.165) is 43.0 Å². The Balaban J connectivity index is 0.00000441. The van der Waals surface area contributed by atoms with Crippen molar-refractivity contribution in [2.45, 2.75) is 25.8 Å². The lowest BCUT2D eigenvalue weighted by molar-refractivity contribution is 0.192. The molecule has 1 aromatic carbocycles. The Morgan fingerprint density at radius 3 is 2.50 bits per heavy atom. The van der Waals surface area contributed by atoms with Crippen LogP contribution in [0, 0.1) is 0 Å². The lowest BCUT2D eigenvalue weighted by Gasteiger charge is -2.22. The topological polar surface area (TPSA) is 36.9 Å². The second kappa shape index (κ2) is 13.1. The summed E-state index contributed by atoms with van der Waals surface area (Å²) in [4.78, 5) is 6.47. The van der Waals surface area contributed by atoms with Crippen molar-refractivity contribution in [3.05, 3.63) is 34.3 Å². The molecule has 1 aromatic rings. The third-order valence-electron chi connectivity index (χ3n) is 3.21. The molecule has 126 valence electrons. The molecule has 4 nitrogen and oxygen atoms in total. The van der Waals surface area contributed by atoms with Gasteiger partial charge in [0.05, 0.1) is 0 Å². The normalized spacial score (nSPS) is 11.0. The summed E-state index contributed by atoms with van der Waals surface area (Å²) in [5.74, 6) is 0.935. The standard InChI is InChI=1S/C16H26BrN3O.HI/c1-18-16(19-11-5-4-6-12-21-3)20(2)13-14-7-9-15(17)10-8-14;/h7-10H,4-6,11-13H2,1-3H3,(H,18,19);1H. The van der Waals surface area contributed by atoms with Gasteiger partial charge in [0.1, 0.15) is 0 Å². The van der Waals surface area contributed by atoms with Crippen LogP contribution in [-0.4, -0.2) is 45.2 Å². The highest BCUT2D eigenvalue weighted by Gasteiger charge is 2.05. The van der Waals surface area contributed by atoms with Crippen LogP contribution >= 0.6 is 39.9 Å². The Morgan fingerprint density at radius 1 is 1.23 bits per heavy atom. The number of halogens is 2. The average molecular weight is 484 g/mol. The van der Waals surface area contributed by atoms with Gasteiger partial charge in [-0.25, -0.2) is 0 Å². The van der Waals surface area contributed by atoms with E-state index in [4.69, 9.17) is 4.74 Å². The van der Waals surface area contributed by atoms with Crippen molar-refractivity contribution in [3.63, 3.8) is 0 Å². The molecule has 0 amide bonds. The van der Waals surface area contributed by atoms with Gasteiger partial charge in [0.15, 0.2) is 5.96 Å². The minimum atomic E-state index is 0. The molecule has 0 radical (unpaired) electrons. The summed E-state index contributed by atoms with van der Waals surface area (Å²) in [5.41, 5.74) is 1.27. The molecule has 22 heavy (non-hydrogen) atoms. The van der Waals surface area contributed by atoms with Gasteiger partial charge in [-0.2, -0.15) is 0 Å². The number of ether oxygens (including phenoxy) is 1. The Hall–Kier alpha value is -0.340. The van der Waals surface area contributed by atoms with Gasteiger partial charge in [0.2, 0.25) is 0 Å². The fourth-order valence-corrected chi connectivity index (χ4v) is 2.34. The number of nitrogens with zero attached hydrogens (tertiary/aromatic N) is 2. The molecule has 0 saturated heterocycles. The first-order chi connectivity index (χ1) is 10.2. The number of benzene rings is 1. The monoisotopic (exact) mass is 483 g/mol. The van der Waals surface area contributed by atoms with Gasteiger partial charge in [0, 0.05) is 45.4 Å². The highest BCUT2D eigenvalue weighted by molar-refractivity contribution is 14.0. The quantitative estimate of drug-likeness (QED) is 0.264. The van der Waals surface area contributed by atoms with Gasteiger partial charge in [0.25, 0.3) is 0 Å². The molecule has 0 fully saturated rings. The van der Waals surface area contributed by atoms with E-state index in [1.807, 2.05) is 7.05 Å². The van der Waals surface area contributed by atoms with Gasteiger partial charge in [-0.3, -0.25) is 4.99 Å². The summed E-state index contributed by atoms with van der Waals surface area (Å²) >= 11 is 3.46. The first-order valence-electron chi connectivity index (χ1n) is 7.32. The highest BCUT2D eigenvalue weighted by atomic mass is 127. The predicted octanol–water partition coefficient (Wildman–Crippen LogP) is 3.89. The largest absolute Gasteiger partial charge is 0.385 e. The zero-order chi connectivity index (χ0) is 15.5. The van der Waals surface area contributed by atoms with E-state index in [-0.39, 0.29) is 24.0 Å². The van der Waals surface area contributed by atoms with Gasteiger partial charge in [-0.1, -0.05) is 28.1 Å². The van der Waals surface area contributed by atoms with Gasteiger partial charge in [-0.05, 0) is 37.0 Å². The molecule has 0 aromatic heterocycles. The Bertz CT molecular complexity index is 426. The number of unbranched alkanes of at least 4 members (excludes halogenated alkanes) is 2. The summed E-state index contributed by atoms with van der Waals surface area (Å²) in [6.45, 7) is 2.63. The van der Waals surface area contributed by atoms with Crippen molar-refractivity contribution >= 4 is 45.9 Å². The number of aliphatic imine (C=N–C) groups is 1. The maximum Gasteiger partial charge on any atom is 0.193 e. The van der Waals surface area contributed by atoms with Gasteiger partial charge >= 0.3 is 0 Å². The van der Waals surface area contributed by atoms with Crippen LogP contribution in [-0.2, 0) is 11.3 Å². The van der Waals surface area contributed by atoms with Crippen LogP contribution in [0.15, 0.2) is 33.7 Å². The van der Waals surface area contributed by atoms with E-state index in [1.54, 1.807) is 7.11 Å². The fourth-order valence-electron chi connectivity index (χ4n) is 2.07. The summed E-state index contributed by atoms with van der Waals surface area (Å²) in [7, 11) is 5.63. The molecule has 0 aliphatic carbocycles. The summed E-state index contributed by atoms with van der Waals surface area (Å²) in [6, 6.07) is 8.38. The molecule has 0 heterocycles. The summed E-state index contributed by atoms with van der Waals surface area (Å²) < 4.78 is 6.15. The molecule has 6 heteroatoms. The van der Waals surface area contributed by atoms with Crippen molar-refractivity contribution in [2.75, 3.05) is 34.4 Å². The predicted molar refractivity (Wildman–Crippen MR) is 108 cm³/mol. The fraction of sp³-hybridized carbons (Fsp3) is 0.562. The van der Waals surface area contributed by atoms with Gasteiger partial charge < -0.3 is 15.0 Å². The number of rotatable bonds is 8. The minimum Gasteiger partial charge on any atom is -0.385 e. The number of hydrogen-bond donors (Lipinski definition) is 1. The molecule has 0 atom stereocenters. The first kappa shape index (κ1) is 21.7. The Labute approximate surface area is 159 Å². The zero-order valence-electron chi connectivity index (χ0n) is 13.6. The SMILES string of the molecule is CN=C(NCCCCCOC)N(C)Cc1ccc(Br)cc1.I. The van der Waals surface area contributed by atoms with E-state index in [9.17, 15) is 0 Å². The van der Waals surface area contributed by atoms with E-state index < -0.39 is 0 Å². The highest BCUT2D eigenvalue weighted by Crippen LogP contribution is 2.11. The molecular weight excluding hydrogens is 457 g/mol. The first-order valence-corrected chi connectivity index (χ1v) is 8.12. The molecule has 0 saturated carbocycles. The van der Waals surface area contributed by atoms with Gasteiger partial charge in [-0.15, -0.1) is 24.0 Å². The number of guanidine groups is 1. The molecule has 0 aliphatic heterocycles. The number of hydrogen-bond acceptors (Lipinski definition) is 2. The smallest absolute Gasteiger partial charge is 0.193 e. The van der Waals surface area contributed by atoms with Crippen molar-refractivity contribution in [1.82, 2.24) is 10.2 Å². The minimum absolute atomic E-state index is 0. The van der Waals surface area contributed by atoms with Crippen LogP contribution in [0.4, 0.5) is 0 Å². The van der Waals surface area contributed by atoms with Crippen LogP contribution < -0.4 is 5.32 Å². The lowest BCUT2D eigenvalue weighted by atomic mass is 10.2. The van der Waals surface area contributed by atoms with E-state index >= 15 is 0 Å². The van der Waals surface area contributed by atoms with E-state index in [0.29, 0.717) is 0 Å². The third-order valence-corrected chi connectivity index (χ3v) is 3.74. The zero-order valence-corrected chi connectivity index (χ0v) is 17.6. The van der Waals surface area contributed by atoms with Crippen LogP contribution in [0.1, 0.15) is 24.8 Å². The van der Waals surface area contributed by atoms with Crippen LogP contribution in [0.5, 0.6) is 0 Å². The second-order valence-corrected chi connectivity index (χ2v) is 5.93. The summed E-state index contributed by atoms with van der Waals surface area (Å²) in [5, 5.41) is 3.40. The maximum atomic E-state index is 5.05. The molecule has 0 aliphatic rings. The maximum absolute atomic E-state index is 5.05. The van der Waals surface area contributed by atoms with E-state index in [2.05, 4.69) is 62.5 Å². The van der Waals surface area contributed by atoms with E-state index in [1.165, 1.54) is 12.0 Å². The third kappa shape index (κ3) is 8.95. The molecule has 0 bridgehead atoms. The molecule has 0 unspecified atom stereocenters. The van der Waals surface area contributed by atoms with Crippen LogP contribution in [0.2, 0.25) is 0 Å². The van der Waals surface area contributed by atoms with Crippen LogP contribution in [0.3, 0.4) is 0 Å². The summed E-state index contributed by atoms with van der Waals surface area (Å²) in [6.07, 6.45) is 3.42. The Morgan fingerprint density at radius 2 is 1.91 bits per heavy atom. The second-order valence-electron chi connectivity index (χ2n) is 5.01. The van der Waals surface area contributed by atoms with Crippen molar-refractivity contribution in [2.24, 2.45) is 4.99 Å². The molecule has 1 N–H and O–H groups in total. The Kier molecular flexibility index (Phi) is 12.9. The average Bonchev–Trinajstić information content (AvgIpc) is 2.49.